The van der Waals surface area contributed by atoms with Crippen molar-refractivity contribution in [3.63, 3.8) is 0 Å². The molecule has 0 rings (SSSR count). The fourth-order valence-corrected chi connectivity index (χ4v) is 2.53. The van der Waals surface area contributed by atoms with Crippen molar-refractivity contribution in [3.8, 4) is 12.3 Å². The molecule has 0 aliphatic heterocycles. The Morgan fingerprint density at radius 1 is 1.10 bits per heavy atom. The first-order valence-corrected chi connectivity index (χ1v) is 7.71. The van der Waals surface area contributed by atoms with Crippen LogP contribution >= 0.6 is 0 Å². The molecule has 20 heavy (non-hydrogen) atoms. The van der Waals surface area contributed by atoms with Crippen LogP contribution in [-0.4, -0.2) is 22.3 Å². The average molecular weight is 282 g/mol. The van der Waals surface area contributed by atoms with E-state index in [1.165, 1.54) is 0 Å². The van der Waals surface area contributed by atoms with E-state index in [1.807, 2.05) is 0 Å². The van der Waals surface area contributed by atoms with Crippen LogP contribution in [0.25, 0.3) is 0 Å². The molecule has 4 unspecified atom stereocenters. The highest BCUT2D eigenvalue weighted by atomic mass is 16.4. The van der Waals surface area contributed by atoms with Gasteiger partial charge < -0.3 is 10.2 Å². The number of carbonyl (C=O) groups is 1. The molecule has 0 aliphatic carbocycles. The third kappa shape index (κ3) is 9.86. The van der Waals surface area contributed by atoms with Gasteiger partial charge in [-0.05, 0) is 37.5 Å². The molecule has 3 heteroatoms. The average Bonchev–Trinajstić information content (AvgIpc) is 2.36. The number of aliphatic hydroxyl groups is 1. The molecular weight excluding hydrogens is 252 g/mol. The monoisotopic (exact) mass is 282 g/mol. The van der Waals surface area contributed by atoms with Crippen LogP contribution in [0.15, 0.2) is 0 Å². The summed E-state index contributed by atoms with van der Waals surface area (Å²) in [6.45, 7) is 6.02. The molecule has 3 nitrogen and oxygen atoms in total. The van der Waals surface area contributed by atoms with Crippen molar-refractivity contribution < 1.29 is 15.0 Å². The Bertz CT molecular complexity index is 306. The Morgan fingerprint density at radius 3 is 2.15 bits per heavy atom. The van der Waals surface area contributed by atoms with Crippen molar-refractivity contribution in [3.05, 3.63) is 0 Å². The minimum atomic E-state index is -0.714. The quantitative estimate of drug-likeness (QED) is 0.449. The van der Waals surface area contributed by atoms with Crippen molar-refractivity contribution in [2.75, 3.05) is 0 Å². The predicted molar refractivity (Wildman–Crippen MR) is 82.3 cm³/mol. The molecule has 0 heterocycles. The predicted octanol–water partition coefficient (Wildman–Crippen LogP) is 3.70. The summed E-state index contributed by atoms with van der Waals surface area (Å²) in [7, 11) is 0. The summed E-state index contributed by atoms with van der Waals surface area (Å²) in [4.78, 5) is 10.8. The van der Waals surface area contributed by atoms with Crippen LogP contribution in [0.4, 0.5) is 0 Å². The van der Waals surface area contributed by atoms with E-state index < -0.39 is 5.97 Å². The molecule has 0 amide bonds. The molecule has 0 fully saturated rings. The number of hydrogen-bond acceptors (Lipinski definition) is 2. The molecule has 116 valence electrons. The third-order valence-corrected chi connectivity index (χ3v) is 3.86. The number of aliphatic hydroxyl groups excluding tert-OH is 1. The van der Waals surface area contributed by atoms with Crippen molar-refractivity contribution in [1.29, 1.82) is 0 Å². The summed E-state index contributed by atoms with van der Waals surface area (Å²) >= 11 is 0. The van der Waals surface area contributed by atoms with Crippen LogP contribution in [0.2, 0.25) is 0 Å². The van der Waals surface area contributed by atoms with Crippen LogP contribution in [0, 0.1) is 30.1 Å². The molecule has 0 radical (unpaired) electrons. The lowest BCUT2D eigenvalue weighted by Crippen LogP contribution is -2.15. The summed E-state index contributed by atoms with van der Waals surface area (Å²) < 4.78 is 0. The maximum atomic E-state index is 10.8. The summed E-state index contributed by atoms with van der Waals surface area (Å²) in [5.41, 5.74) is 0. The smallest absolute Gasteiger partial charge is 0.306 e. The Kier molecular flexibility index (Phi) is 10.2. The molecule has 0 aliphatic rings. The Morgan fingerprint density at radius 2 is 1.65 bits per heavy atom. The van der Waals surface area contributed by atoms with Gasteiger partial charge in [0.15, 0.2) is 0 Å². The molecule has 0 saturated heterocycles. The highest BCUT2D eigenvalue weighted by molar-refractivity contribution is 5.69. The molecule has 0 aromatic rings. The number of terminal acetylenes is 1. The van der Waals surface area contributed by atoms with Crippen molar-refractivity contribution in [1.82, 2.24) is 0 Å². The summed E-state index contributed by atoms with van der Waals surface area (Å²) in [6.07, 6.45) is 10.9. The van der Waals surface area contributed by atoms with E-state index in [4.69, 9.17) is 11.5 Å². The van der Waals surface area contributed by atoms with Gasteiger partial charge in [-0.3, -0.25) is 4.79 Å². The van der Waals surface area contributed by atoms with E-state index >= 15 is 0 Å². The lowest BCUT2D eigenvalue weighted by molar-refractivity contribution is -0.141. The van der Waals surface area contributed by atoms with Gasteiger partial charge in [0.1, 0.15) is 0 Å². The van der Waals surface area contributed by atoms with E-state index in [0.717, 1.165) is 44.9 Å². The van der Waals surface area contributed by atoms with Crippen LogP contribution in [0.1, 0.15) is 65.7 Å². The SMILES string of the molecule is C#CCCCC(O)CC(C)CCC(C)CC(C)C(=O)O. The first-order valence-electron chi connectivity index (χ1n) is 7.71. The standard InChI is InChI=1S/C17H30O3/c1-5-6-7-8-16(18)12-14(3)10-9-13(2)11-15(4)17(19)20/h1,13-16,18H,6-12H2,2-4H3,(H,19,20). The van der Waals surface area contributed by atoms with Gasteiger partial charge in [-0.25, -0.2) is 0 Å². The molecule has 4 atom stereocenters. The Hall–Kier alpha value is -1.01. The molecule has 0 aromatic carbocycles. The van der Waals surface area contributed by atoms with E-state index in [1.54, 1.807) is 6.92 Å². The van der Waals surface area contributed by atoms with E-state index in [2.05, 4.69) is 19.8 Å². The number of carboxylic acid groups (broad SMARTS) is 1. The fraction of sp³-hybridized carbons (Fsp3) is 0.824. The van der Waals surface area contributed by atoms with Crippen molar-refractivity contribution in [2.24, 2.45) is 17.8 Å². The van der Waals surface area contributed by atoms with Crippen LogP contribution in [0.5, 0.6) is 0 Å². The van der Waals surface area contributed by atoms with Gasteiger partial charge in [0.2, 0.25) is 0 Å². The topological polar surface area (TPSA) is 57.5 Å². The first-order chi connectivity index (χ1) is 9.36. The van der Waals surface area contributed by atoms with E-state index in [9.17, 15) is 9.90 Å². The zero-order chi connectivity index (χ0) is 15.5. The summed E-state index contributed by atoms with van der Waals surface area (Å²) in [5, 5.41) is 18.8. The molecule has 0 saturated carbocycles. The van der Waals surface area contributed by atoms with Gasteiger partial charge in [0.05, 0.1) is 12.0 Å². The molecule has 2 N–H and O–H groups in total. The summed E-state index contributed by atoms with van der Waals surface area (Å²) in [6, 6.07) is 0. The van der Waals surface area contributed by atoms with Crippen molar-refractivity contribution >= 4 is 5.97 Å². The van der Waals surface area contributed by atoms with E-state index in [-0.39, 0.29) is 12.0 Å². The zero-order valence-corrected chi connectivity index (χ0v) is 13.1. The normalized spacial score (nSPS) is 16.9. The zero-order valence-electron chi connectivity index (χ0n) is 13.1. The maximum absolute atomic E-state index is 10.8. The molecule has 0 spiro atoms. The molecule has 0 bridgehead atoms. The highest BCUT2D eigenvalue weighted by Gasteiger charge is 2.16. The van der Waals surface area contributed by atoms with E-state index in [0.29, 0.717) is 11.8 Å². The minimum absolute atomic E-state index is 0.258. The van der Waals surface area contributed by atoms with Gasteiger partial charge in [-0.1, -0.05) is 33.6 Å². The number of unbranched alkanes of at least 4 members (excludes halogenated alkanes) is 1. The lowest BCUT2D eigenvalue weighted by atomic mass is 9.88. The van der Waals surface area contributed by atoms with Gasteiger partial charge in [0.25, 0.3) is 0 Å². The van der Waals surface area contributed by atoms with Gasteiger partial charge >= 0.3 is 5.97 Å². The number of rotatable bonds is 11. The number of aliphatic carboxylic acids is 1. The van der Waals surface area contributed by atoms with Crippen LogP contribution in [-0.2, 0) is 4.79 Å². The first kappa shape index (κ1) is 19.0. The van der Waals surface area contributed by atoms with Gasteiger partial charge in [-0.2, -0.15) is 0 Å². The van der Waals surface area contributed by atoms with Crippen molar-refractivity contribution in [2.45, 2.75) is 71.8 Å². The lowest BCUT2D eigenvalue weighted by Gasteiger charge is -2.19. The van der Waals surface area contributed by atoms with Crippen LogP contribution in [0.3, 0.4) is 0 Å². The minimum Gasteiger partial charge on any atom is -0.481 e. The van der Waals surface area contributed by atoms with Gasteiger partial charge in [-0.15, -0.1) is 12.3 Å². The molecule has 0 aromatic heterocycles. The highest BCUT2D eigenvalue weighted by Crippen LogP contribution is 2.22. The Balaban J connectivity index is 3.78. The maximum Gasteiger partial charge on any atom is 0.306 e. The fourth-order valence-electron chi connectivity index (χ4n) is 2.53. The van der Waals surface area contributed by atoms with Crippen LogP contribution < -0.4 is 0 Å². The second kappa shape index (κ2) is 10.7. The second-order valence-electron chi connectivity index (χ2n) is 6.25. The second-order valence-corrected chi connectivity index (χ2v) is 6.25. The number of hydrogen-bond donors (Lipinski definition) is 2. The third-order valence-electron chi connectivity index (χ3n) is 3.86. The van der Waals surface area contributed by atoms with Gasteiger partial charge in [0, 0.05) is 6.42 Å². The Labute approximate surface area is 123 Å². The largest absolute Gasteiger partial charge is 0.481 e. The number of carboxylic acids is 1. The summed E-state index contributed by atoms with van der Waals surface area (Å²) in [5.74, 6) is 2.49. The molecular formula is C17H30O3.